The van der Waals surface area contributed by atoms with Crippen LogP contribution in [0.15, 0.2) is 54.6 Å². The van der Waals surface area contributed by atoms with Gasteiger partial charge in [0.2, 0.25) is 0 Å². The highest BCUT2D eigenvalue weighted by Gasteiger charge is 2.28. The molecule has 2 aromatic carbocycles. The molecule has 4 rings (SSSR count). The number of rotatable bonds is 5. The van der Waals surface area contributed by atoms with Gasteiger partial charge in [0, 0.05) is 17.1 Å². The van der Waals surface area contributed by atoms with E-state index < -0.39 is 0 Å². The van der Waals surface area contributed by atoms with E-state index in [1.54, 1.807) is 7.11 Å². The number of amides is 1. The number of fused-ring (bicyclic) bond motifs is 1. The number of carbonyl (C=O) groups is 1. The SMILES string of the molecule is COc1ccc(Nc2cc(C(=O)N[C@@H]3CCC[C@@H](C)[C@H]3C)c3ccccc3n2)cc1. The normalized spacial score (nSPS) is 21.2. The molecule has 1 amide bonds. The van der Waals surface area contributed by atoms with E-state index in [2.05, 4.69) is 24.5 Å². The van der Waals surface area contributed by atoms with E-state index in [9.17, 15) is 4.79 Å². The molecule has 1 aliphatic rings. The second-order valence-corrected chi connectivity index (χ2v) is 8.27. The summed E-state index contributed by atoms with van der Waals surface area (Å²) >= 11 is 0. The van der Waals surface area contributed by atoms with Gasteiger partial charge in [-0.25, -0.2) is 4.98 Å². The number of carbonyl (C=O) groups excluding carboxylic acids is 1. The third-order valence-corrected chi connectivity index (χ3v) is 6.35. The maximum Gasteiger partial charge on any atom is 0.252 e. The summed E-state index contributed by atoms with van der Waals surface area (Å²) in [6.45, 7) is 4.53. The molecule has 1 saturated carbocycles. The first-order valence-corrected chi connectivity index (χ1v) is 10.7. The highest BCUT2D eigenvalue weighted by molar-refractivity contribution is 6.07. The van der Waals surface area contributed by atoms with Crippen molar-refractivity contribution in [2.45, 2.75) is 39.2 Å². The smallest absolute Gasteiger partial charge is 0.252 e. The molecular weight excluding hydrogens is 374 g/mol. The summed E-state index contributed by atoms with van der Waals surface area (Å²) < 4.78 is 5.22. The van der Waals surface area contributed by atoms with Crippen LogP contribution in [0.2, 0.25) is 0 Å². The number of hydrogen-bond donors (Lipinski definition) is 2. The van der Waals surface area contributed by atoms with Crippen molar-refractivity contribution in [3.8, 4) is 5.75 Å². The predicted molar refractivity (Wildman–Crippen MR) is 121 cm³/mol. The fourth-order valence-electron chi connectivity index (χ4n) is 4.28. The van der Waals surface area contributed by atoms with Crippen molar-refractivity contribution in [1.82, 2.24) is 10.3 Å². The van der Waals surface area contributed by atoms with Gasteiger partial charge in [-0.3, -0.25) is 4.79 Å². The molecule has 0 aliphatic heterocycles. The highest BCUT2D eigenvalue weighted by atomic mass is 16.5. The second kappa shape index (κ2) is 8.74. The van der Waals surface area contributed by atoms with Gasteiger partial charge in [-0.15, -0.1) is 0 Å². The molecular formula is C25H29N3O2. The van der Waals surface area contributed by atoms with Crippen molar-refractivity contribution in [3.63, 3.8) is 0 Å². The third kappa shape index (κ3) is 4.25. The Morgan fingerprint density at radius 1 is 1.07 bits per heavy atom. The Kier molecular flexibility index (Phi) is 5.88. The molecule has 30 heavy (non-hydrogen) atoms. The van der Waals surface area contributed by atoms with Crippen molar-refractivity contribution in [3.05, 3.63) is 60.2 Å². The lowest BCUT2D eigenvalue weighted by atomic mass is 9.78. The summed E-state index contributed by atoms with van der Waals surface area (Å²) in [5.41, 5.74) is 2.34. The zero-order valence-electron chi connectivity index (χ0n) is 17.8. The number of aromatic nitrogens is 1. The minimum atomic E-state index is -0.0302. The number of nitrogens with one attached hydrogen (secondary N) is 2. The fraction of sp³-hybridized carbons (Fsp3) is 0.360. The van der Waals surface area contributed by atoms with Gasteiger partial charge in [0.05, 0.1) is 18.2 Å². The molecule has 1 heterocycles. The van der Waals surface area contributed by atoms with Crippen LogP contribution in [0.4, 0.5) is 11.5 Å². The molecule has 0 bridgehead atoms. The number of ether oxygens (including phenoxy) is 1. The Morgan fingerprint density at radius 3 is 2.60 bits per heavy atom. The first-order valence-electron chi connectivity index (χ1n) is 10.7. The molecule has 0 unspecified atom stereocenters. The quantitative estimate of drug-likeness (QED) is 0.587. The molecule has 0 saturated heterocycles. The molecule has 3 aromatic rings. The number of methoxy groups -OCH3 is 1. The van der Waals surface area contributed by atoms with Crippen LogP contribution in [-0.4, -0.2) is 24.0 Å². The van der Waals surface area contributed by atoms with Gasteiger partial charge < -0.3 is 15.4 Å². The number of benzene rings is 2. The van der Waals surface area contributed by atoms with Gasteiger partial charge in [-0.1, -0.05) is 44.9 Å². The summed E-state index contributed by atoms with van der Waals surface area (Å²) in [4.78, 5) is 18.0. The lowest BCUT2D eigenvalue weighted by Crippen LogP contribution is -2.43. The Balaban J connectivity index is 1.63. The van der Waals surface area contributed by atoms with Crippen molar-refractivity contribution in [2.75, 3.05) is 12.4 Å². The number of para-hydroxylation sites is 1. The van der Waals surface area contributed by atoms with Gasteiger partial charge >= 0.3 is 0 Å². The Morgan fingerprint density at radius 2 is 1.83 bits per heavy atom. The zero-order valence-corrected chi connectivity index (χ0v) is 17.8. The van der Waals surface area contributed by atoms with E-state index in [4.69, 9.17) is 9.72 Å². The van der Waals surface area contributed by atoms with Crippen LogP contribution >= 0.6 is 0 Å². The molecule has 1 aromatic heterocycles. The zero-order chi connectivity index (χ0) is 21.1. The topological polar surface area (TPSA) is 63.2 Å². The van der Waals surface area contributed by atoms with E-state index >= 15 is 0 Å². The van der Waals surface area contributed by atoms with Crippen LogP contribution in [0.25, 0.3) is 10.9 Å². The van der Waals surface area contributed by atoms with Crippen LogP contribution < -0.4 is 15.4 Å². The van der Waals surface area contributed by atoms with Gasteiger partial charge in [0.1, 0.15) is 11.6 Å². The molecule has 0 spiro atoms. The van der Waals surface area contributed by atoms with Crippen LogP contribution in [0, 0.1) is 11.8 Å². The van der Waals surface area contributed by atoms with Crippen LogP contribution in [-0.2, 0) is 0 Å². The molecule has 5 heteroatoms. The standard InChI is InChI=1S/C25H29N3O2/c1-16-7-6-10-22(17(16)2)28-25(29)21-15-24(27-23-9-5-4-8-20(21)23)26-18-11-13-19(30-3)14-12-18/h4-5,8-9,11-17,22H,6-7,10H2,1-3H3,(H,26,27)(H,28,29)/t16-,17-,22-/m1/s1. The number of anilines is 2. The summed E-state index contributed by atoms with van der Waals surface area (Å²) in [7, 11) is 1.64. The molecule has 2 N–H and O–H groups in total. The Hall–Kier alpha value is -3.08. The van der Waals surface area contributed by atoms with Gasteiger partial charge in [0.15, 0.2) is 0 Å². The maximum atomic E-state index is 13.3. The molecule has 156 valence electrons. The summed E-state index contributed by atoms with van der Waals surface area (Å²) in [5.74, 6) is 2.52. The summed E-state index contributed by atoms with van der Waals surface area (Å²) in [6, 6.07) is 17.5. The number of hydrogen-bond acceptors (Lipinski definition) is 4. The summed E-state index contributed by atoms with van der Waals surface area (Å²) in [6.07, 6.45) is 3.44. The number of nitrogens with zero attached hydrogens (tertiary/aromatic N) is 1. The first-order chi connectivity index (χ1) is 14.5. The van der Waals surface area contributed by atoms with Crippen molar-refractivity contribution >= 4 is 28.3 Å². The van der Waals surface area contributed by atoms with E-state index in [1.807, 2.05) is 54.6 Å². The van der Waals surface area contributed by atoms with Crippen LogP contribution in [0.1, 0.15) is 43.5 Å². The largest absolute Gasteiger partial charge is 0.497 e. The maximum absolute atomic E-state index is 13.3. The van der Waals surface area contributed by atoms with Crippen molar-refractivity contribution in [2.24, 2.45) is 11.8 Å². The lowest BCUT2D eigenvalue weighted by molar-refractivity contribution is 0.0892. The molecule has 0 radical (unpaired) electrons. The number of pyridine rings is 1. The fourth-order valence-corrected chi connectivity index (χ4v) is 4.28. The predicted octanol–water partition coefficient (Wildman–Crippen LogP) is 5.54. The van der Waals surface area contributed by atoms with Gasteiger partial charge in [-0.05, 0) is 54.7 Å². The van der Waals surface area contributed by atoms with E-state index in [1.165, 1.54) is 6.42 Å². The molecule has 1 fully saturated rings. The Bertz CT molecular complexity index is 1030. The van der Waals surface area contributed by atoms with Gasteiger partial charge in [-0.2, -0.15) is 0 Å². The van der Waals surface area contributed by atoms with E-state index in [0.29, 0.717) is 23.2 Å². The minimum absolute atomic E-state index is 0.0302. The average Bonchev–Trinajstić information content (AvgIpc) is 2.77. The van der Waals surface area contributed by atoms with Crippen LogP contribution in [0.3, 0.4) is 0 Å². The molecule has 1 aliphatic carbocycles. The second-order valence-electron chi connectivity index (χ2n) is 8.27. The third-order valence-electron chi connectivity index (χ3n) is 6.35. The van der Waals surface area contributed by atoms with Crippen molar-refractivity contribution in [1.29, 1.82) is 0 Å². The van der Waals surface area contributed by atoms with Gasteiger partial charge in [0.25, 0.3) is 5.91 Å². The monoisotopic (exact) mass is 403 g/mol. The summed E-state index contributed by atoms with van der Waals surface area (Å²) in [5, 5.41) is 7.49. The lowest BCUT2D eigenvalue weighted by Gasteiger charge is -2.34. The van der Waals surface area contributed by atoms with E-state index in [-0.39, 0.29) is 11.9 Å². The average molecular weight is 404 g/mol. The first kappa shape index (κ1) is 20.2. The molecule has 3 atom stereocenters. The van der Waals surface area contributed by atoms with Crippen LogP contribution in [0.5, 0.6) is 5.75 Å². The molecule has 5 nitrogen and oxygen atoms in total. The Labute approximate surface area is 177 Å². The van der Waals surface area contributed by atoms with Crippen molar-refractivity contribution < 1.29 is 9.53 Å². The minimum Gasteiger partial charge on any atom is -0.497 e. The van der Waals surface area contributed by atoms with E-state index in [0.717, 1.165) is 35.2 Å². The highest BCUT2D eigenvalue weighted by Crippen LogP contribution is 2.30.